The molecule has 1 aromatic carbocycles. The number of aryl methyl sites for hydroxylation is 1. The van der Waals surface area contributed by atoms with Crippen LogP contribution in [-0.4, -0.2) is 34.9 Å². The smallest absolute Gasteiger partial charge is 0.228 e. The molecule has 0 radical (unpaired) electrons. The highest BCUT2D eigenvalue weighted by atomic mass is 35.5. The van der Waals surface area contributed by atoms with Gasteiger partial charge in [0.25, 0.3) is 0 Å². The number of nitrogens with two attached hydrogens (primary N) is 1. The number of nitrogens with zero attached hydrogens (tertiary/aromatic N) is 2. The molecule has 2 fully saturated rings. The summed E-state index contributed by atoms with van der Waals surface area (Å²) < 4.78 is 0. The highest BCUT2D eigenvalue weighted by Gasteiger charge is 2.42. The van der Waals surface area contributed by atoms with E-state index in [-0.39, 0.29) is 24.4 Å². The van der Waals surface area contributed by atoms with Crippen LogP contribution in [0.2, 0.25) is 0 Å². The molecule has 3 atom stereocenters. The highest BCUT2D eigenvalue weighted by molar-refractivity contribution is 7.13. The number of hydrogen-bond acceptors (Lipinski definition) is 4. The zero-order chi connectivity index (χ0) is 16.7. The van der Waals surface area contributed by atoms with Crippen LogP contribution in [0.5, 0.6) is 0 Å². The Balaban J connectivity index is 0.00000182. The van der Waals surface area contributed by atoms with Crippen LogP contribution >= 0.6 is 23.7 Å². The number of rotatable bonds is 3. The third-order valence-electron chi connectivity index (χ3n) is 5.41. The first-order valence-electron chi connectivity index (χ1n) is 8.65. The molecule has 2 aromatic rings. The molecule has 1 saturated heterocycles. The maximum absolute atomic E-state index is 12.6. The Morgan fingerprint density at radius 2 is 2.20 bits per heavy atom. The molecule has 4 nitrogen and oxygen atoms in total. The van der Waals surface area contributed by atoms with Crippen molar-refractivity contribution in [1.29, 1.82) is 0 Å². The van der Waals surface area contributed by atoms with E-state index in [2.05, 4.69) is 30.1 Å². The van der Waals surface area contributed by atoms with E-state index in [0.29, 0.717) is 18.3 Å². The normalized spacial score (nSPS) is 24.9. The van der Waals surface area contributed by atoms with Crippen LogP contribution in [0.25, 0.3) is 10.6 Å². The summed E-state index contributed by atoms with van der Waals surface area (Å²) in [7, 11) is 0. The molecule has 1 aliphatic heterocycles. The second kappa shape index (κ2) is 7.44. The fourth-order valence-electron chi connectivity index (χ4n) is 4.08. The minimum Gasteiger partial charge on any atom is -0.342 e. The molecule has 0 spiro atoms. The second-order valence-corrected chi connectivity index (χ2v) is 8.01. The number of fused-ring (bicyclic) bond motifs is 1. The summed E-state index contributed by atoms with van der Waals surface area (Å²) in [6.07, 6.45) is 2.68. The fraction of sp³-hybridized carbons (Fsp3) is 0.474. The van der Waals surface area contributed by atoms with Crippen LogP contribution in [-0.2, 0) is 11.2 Å². The number of amides is 1. The van der Waals surface area contributed by atoms with Crippen molar-refractivity contribution in [1.82, 2.24) is 9.88 Å². The monoisotopic (exact) mass is 377 g/mol. The number of halogens is 1. The van der Waals surface area contributed by atoms with Crippen molar-refractivity contribution < 1.29 is 4.79 Å². The molecule has 1 saturated carbocycles. The second-order valence-electron chi connectivity index (χ2n) is 7.15. The molecule has 25 heavy (non-hydrogen) atoms. The van der Waals surface area contributed by atoms with Crippen LogP contribution in [0.15, 0.2) is 29.6 Å². The third-order valence-corrected chi connectivity index (χ3v) is 6.35. The van der Waals surface area contributed by atoms with E-state index in [1.807, 2.05) is 16.3 Å². The SMILES string of the molecule is Cc1cccc(-c2nc(CC(=O)N3CC4CCC(N)C4C3)cs2)c1.Cl. The lowest BCUT2D eigenvalue weighted by molar-refractivity contribution is -0.129. The fourth-order valence-corrected chi connectivity index (χ4v) is 4.89. The van der Waals surface area contributed by atoms with Crippen molar-refractivity contribution >= 4 is 29.7 Å². The summed E-state index contributed by atoms with van der Waals surface area (Å²) in [4.78, 5) is 19.3. The van der Waals surface area contributed by atoms with Gasteiger partial charge in [-0.1, -0.05) is 23.8 Å². The van der Waals surface area contributed by atoms with E-state index in [4.69, 9.17) is 5.73 Å². The van der Waals surface area contributed by atoms with Gasteiger partial charge < -0.3 is 10.6 Å². The number of hydrogen-bond donors (Lipinski definition) is 1. The Hall–Kier alpha value is -1.43. The van der Waals surface area contributed by atoms with Gasteiger partial charge in [-0.3, -0.25) is 4.79 Å². The van der Waals surface area contributed by atoms with Gasteiger partial charge in [-0.25, -0.2) is 4.98 Å². The Labute approximate surface area is 158 Å². The van der Waals surface area contributed by atoms with E-state index >= 15 is 0 Å². The van der Waals surface area contributed by atoms with Gasteiger partial charge in [0.15, 0.2) is 0 Å². The van der Waals surface area contributed by atoms with E-state index in [0.717, 1.165) is 35.8 Å². The minimum absolute atomic E-state index is 0. The lowest BCUT2D eigenvalue weighted by Crippen LogP contribution is -2.34. The summed E-state index contributed by atoms with van der Waals surface area (Å²) in [5.74, 6) is 1.31. The average molecular weight is 378 g/mol. The van der Waals surface area contributed by atoms with Crippen molar-refractivity contribution in [2.45, 2.75) is 32.2 Å². The molecule has 6 heteroatoms. The molecular formula is C19H24ClN3OS. The van der Waals surface area contributed by atoms with Crippen molar-refractivity contribution in [3.05, 3.63) is 40.9 Å². The van der Waals surface area contributed by atoms with Crippen LogP contribution < -0.4 is 5.73 Å². The number of thiazole rings is 1. The zero-order valence-electron chi connectivity index (χ0n) is 14.4. The third kappa shape index (κ3) is 3.73. The quantitative estimate of drug-likeness (QED) is 0.892. The average Bonchev–Trinajstić information content (AvgIpc) is 3.25. The number of aromatic nitrogens is 1. The highest BCUT2D eigenvalue weighted by Crippen LogP contribution is 2.37. The van der Waals surface area contributed by atoms with Crippen LogP contribution in [0.1, 0.15) is 24.1 Å². The van der Waals surface area contributed by atoms with Crippen LogP contribution in [0.3, 0.4) is 0 Å². The van der Waals surface area contributed by atoms with Crippen LogP contribution in [0, 0.1) is 18.8 Å². The van der Waals surface area contributed by atoms with Gasteiger partial charge in [0.2, 0.25) is 5.91 Å². The summed E-state index contributed by atoms with van der Waals surface area (Å²) in [5.41, 5.74) is 9.39. The molecule has 1 amide bonds. The van der Waals surface area contributed by atoms with Gasteiger partial charge in [-0.15, -0.1) is 23.7 Å². The summed E-state index contributed by atoms with van der Waals surface area (Å²) in [6.45, 7) is 3.79. The Morgan fingerprint density at radius 3 is 2.96 bits per heavy atom. The predicted octanol–water partition coefficient (Wildman–Crippen LogP) is 3.28. The van der Waals surface area contributed by atoms with Crippen molar-refractivity contribution in [3.8, 4) is 10.6 Å². The first-order valence-corrected chi connectivity index (χ1v) is 9.53. The number of carbonyl (C=O) groups excluding carboxylic acids is 1. The predicted molar refractivity (Wildman–Crippen MR) is 104 cm³/mol. The molecule has 2 aliphatic rings. The Kier molecular flexibility index (Phi) is 5.46. The van der Waals surface area contributed by atoms with Gasteiger partial charge in [-0.2, -0.15) is 0 Å². The molecule has 1 aromatic heterocycles. The number of benzene rings is 1. The molecule has 2 N–H and O–H groups in total. The zero-order valence-corrected chi connectivity index (χ0v) is 16.0. The van der Waals surface area contributed by atoms with Crippen molar-refractivity contribution in [2.24, 2.45) is 17.6 Å². The molecule has 3 unspecified atom stereocenters. The van der Waals surface area contributed by atoms with E-state index in [1.54, 1.807) is 11.3 Å². The Bertz CT molecular complexity index is 763. The molecule has 2 heterocycles. The van der Waals surface area contributed by atoms with Gasteiger partial charge in [0, 0.05) is 30.1 Å². The van der Waals surface area contributed by atoms with Gasteiger partial charge in [0.1, 0.15) is 5.01 Å². The molecular weight excluding hydrogens is 354 g/mol. The van der Waals surface area contributed by atoms with Gasteiger partial charge in [0.05, 0.1) is 12.1 Å². The summed E-state index contributed by atoms with van der Waals surface area (Å²) in [5, 5.41) is 3.00. The molecule has 134 valence electrons. The molecule has 4 rings (SSSR count). The molecule has 1 aliphatic carbocycles. The Morgan fingerprint density at radius 1 is 1.36 bits per heavy atom. The number of likely N-dealkylation sites (tertiary alicyclic amines) is 1. The maximum Gasteiger partial charge on any atom is 0.228 e. The lowest BCUT2D eigenvalue weighted by Gasteiger charge is -2.18. The standard InChI is InChI=1S/C19H23N3OS.ClH/c1-12-3-2-4-13(7-12)19-21-15(11-24-19)8-18(23)22-9-14-5-6-17(20)16(14)10-22;/h2-4,7,11,14,16-17H,5-6,8-10,20H2,1H3;1H. The maximum atomic E-state index is 12.6. The van der Waals surface area contributed by atoms with Gasteiger partial charge >= 0.3 is 0 Å². The van der Waals surface area contributed by atoms with Crippen LogP contribution in [0.4, 0.5) is 0 Å². The van der Waals surface area contributed by atoms with E-state index in [1.165, 1.54) is 12.0 Å². The van der Waals surface area contributed by atoms with Gasteiger partial charge in [-0.05, 0) is 37.7 Å². The first-order chi connectivity index (χ1) is 11.6. The largest absolute Gasteiger partial charge is 0.342 e. The van der Waals surface area contributed by atoms with E-state index < -0.39 is 0 Å². The summed E-state index contributed by atoms with van der Waals surface area (Å²) in [6, 6.07) is 8.60. The minimum atomic E-state index is 0. The molecule has 0 bridgehead atoms. The van der Waals surface area contributed by atoms with Crippen molar-refractivity contribution in [2.75, 3.05) is 13.1 Å². The van der Waals surface area contributed by atoms with E-state index in [9.17, 15) is 4.79 Å². The topological polar surface area (TPSA) is 59.2 Å². The van der Waals surface area contributed by atoms with Crippen molar-refractivity contribution in [3.63, 3.8) is 0 Å². The number of carbonyl (C=O) groups is 1. The first kappa shape index (κ1) is 18.4. The summed E-state index contributed by atoms with van der Waals surface area (Å²) >= 11 is 1.61. The lowest BCUT2D eigenvalue weighted by atomic mass is 9.98.